The van der Waals surface area contributed by atoms with E-state index in [2.05, 4.69) is 4.98 Å². The van der Waals surface area contributed by atoms with Gasteiger partial charge in [0.1, 0.15) is 11.3 Å². The number of hydrogen-bond acceptors (Lipinski definition) is 6. The third-order valence-electron chi connectivity index (χ3n) is 3.22. The maximum atomic E-state index is 11.9. The highest BCUT2D eigenvalue weighted by Gasteiger charge is 2.08. The van der Waals surface area contributed by atoms with Crippen molar-refractivity contribution in [1.29, 1.82) is 0 Å². The van der Waals surface area contributed by atoms with E-state index in [9.17, 15) is 15.1 Å². The molecule has 0 radical (unpaired) electrons. The topological polar surface area (TPSA) is 111 Å². The van der Waals surface area contributed by atoms with E-state index >= 15 is 0 Å². The molecule has 0 saturated carbocycles. The van der Waals surface area contributed by atoms with Crippen molar-refractivity contribution in [3.05, 3.63) is 75.4 Å². The predicted molar refractivity (Wildman–Crippen MR) is 83.0 cm³/mol. The molecule has 23 heavy (non-hydrogen) atoms. The number of para-hydroxylation sites is 2. The van der Waals surface area contributed by atoms with Gasteiger partial charge >= 0.3 is 5.63 Å². The first-order chi connectivity index (χ1) is 11.0. The maximum Gasteiger partial charge on any atom is 0.362 e. The minimum absolute atomic E-state index is 0.0384. The fourth-order valence-electron chi connectivity index (χ4n) is 2.05. The fraction of sp³-hybridized carbons (Fsp3) is 0. The smallest absolute Gasteiger partial charge is 0.362 e. The van der Waals surface area contributed by atoms with Crippen LogP contribution in [0.4, 0.5) is 5.69 Å². The van der Waals surface area contributed by atoms with Crippen molar-refractivity contribution < 1.29 is 20.0 Å². The third-order valence-corrected chi connectivity index (χ3v) is 3.22. The molecule has 0 saturated heterocycles. The molecule has 0 spiro atoms. The van der Waals surface area contributed by atoms with E-state index < -0.39 is 10.9 Å². The van der Waals surface area contributed by atoms with Gasteiger partial charge in [0.25, 0.3) is 0 Å². The van der Waals surface area contributed by atoms with Crippen LogP contribution in [0.2, 0.25) is 0 Å². The molecule has 0 fully saturated rings. The number of nitrogens with zero attached hydrogens (tertiary/aromatic N) is 1. The van der Waals surface area contributed by atoms with Crippen LogP contribution in [-0.2, 0) is 0 Å². The Morgan fingerprint density at radius 1 is 1.17 bits per heavy atom. The van der Waals surface area contributed by atoms with Gasteiger partial charge in [0.05, 0.1) is 0 Å². The molecule has 0 bridgehead atoms. The number of rotatable bonds is 3. The predicted octanol–water partition coefficient (Wildman–Crippen LogP) is 1.65. The van der Waals surface area contributed by atoms with Crippen LogP contribution < -0.4 is 10.9 Å². The van der Waals surface area contributed by atoms with E-state index in [0.717, 1.165) is 0 Å². The molecule has 0 aliphatic carbocycles. The number of aromatic nitrogens is 1. The van der Waals surface area contributed by atoms with E-state index in [4.69, 9.17) is 9.62 Å². The van der Waals surface area contributed by atoms with Crippen LogP contribution in [0.25, 0.3) is 22.9 Å². The van der Waals surface area contributed by atoms with Crippen molar-refractivity contribution in [1.82, 2.24) is 4.98 Å². The Labute approximate surface area is 129 Å². The highest BCUT2D eigenvalue weighted by atomic mass is 16.8. The molecule has 0 amide bonds. The van der Waals surface area contributed by atoms with E-state index in [1.807, 2.05) is 0 Å². The quantitative estimate of drug-likeness (QED) is 0.501. The number of nitrogens with one attached hydrogen (secondary N) is 1. The van der Waals surface area contributed by atoms with Crippen molar-refractivity contribution in [2.24, 2.45) is 0 Å². The zero-order valence-electron chi connectivity index (χ0n) is 11.8. The molecule has 0 aliphatic rings. The molecule has 7 nitrogen and oxygen atoms in total. The Bertz CT molecular complexity index is 929. The van der Waals surface area contributed by atoms with Gasteiger partial charge in [0, 0.05) is 23.8 Å². The summed E-state index contributed by atoms with van der Waals surface area (Å²) in [5, 5.41) is 28.7. The van der Waals surface area contributed by atoms with Crippen LogP contribution in [-0.4, -0.2) is 15.3 Å². The Balaban J connectivity index is 2.00. The van der Waals surface area contributed by atoms with Crippen LogP contribution in [0.3, 0.4) is 0 Å². The van der Waals surface area contributed by atoms with Crippen LogP contribution in [0, 0.1) is 5.21 Å². The summed E-state index contributed by atoms with van der Waals surface area (Å²) >= 11 is 0. The minimum atomic E-state index is -1.06. The molecule has 7 heteroatoms. The lowest BCUT2D eigenvalue weighted by atomic mass is 10.1. The molecular weight excluding hydrogens is 300 g/mol. The average Bonchev–Trinajstić information content (AvgIpc) is 2.55. The van der Waals surface area contributed by atoms with E-state index in [0.29, 0.717) is 16.7 Å². The lowest BCUT2D eigenvalue weighted by molar-refractivity contribution is -0.991. The Morgan fingerprint density at radius 3 is 2.57 bits per heavy atom. The second-order valence-electron chi connectivity index (χ2n) is 4.77. The summed E-state index contributed by atoms with van der Waals surface area (Å²) in [6.07, 6.45) is 1.19. The van der Waals surface area contributed by atoms with Gasteiger partial charge in [-0.05, 0) is 24.3 Å². The summed E-state index contributed by atoms with van der Waals surface area (Å²) in [4.78, 5) is 16.0. The Hall–Kier alpha value is -3.00. The first-order valence-electron chi connectivity index (χ1n) is 6.69. The molecule has 116 valence electrons. The first-order valence-corrected chi connectivity index (χ1v) is 6.69. The molecule has 3 N–H and O–H groups in total. The van der Waals surface area contributed by atoms with Gasteiger partial charge in [-0.2, -0.15) is 5.23 Å². The molecule has 2 aromatic carbocycles. The van der Waals surface area contributed by atoms with Gasteiger partial charge < -0.3 is 14.7 Å². The molecule has 1 atom stereocenters. The molecule has 1 aromatic heterocycles. The number of hydrogen-bond donors (Lipinski definition) is 3. The molecular formula is C16H12N2O5. The molecule has 3 rings (SSSR count). The highest BCUT2D eigenvalue weighted by Crippen LogP contribution is 2.16. The van der Waals surface area contributed by atoms with Crippen LogP contribution in [0.15, 0.2) is 57.7 Å². The van der Waals surface area contributed by atoms with Crippen molar-refractivity contribution in [3.8, 4) is 0 Å². The zero-order chi connectivity index (χ0) is 16.4. The monoisotopic (exact) mass is 312 g/mol. The van der Waals surface area contributed by atoms with Gasteiger partial charge in [0.15, 0.2) is 17.0 Å². The molecule has 3 aromatic rings. The third kappa shape index (κ3) is 3.11. The summed E-state index contributed by atoms with van der Waals surface area (Å²) in [7, 11) is 0. The van der Waals surface area contributed by atoms with Gasteiger partial charge in [-0.15, -0.1) is 0 Å². The lowest BCUT2D eigenvalue weighted by Gasteiger charge is -2.11. The number of aliphatic hydroxyl groups is 1. The number of fused-ring (bicyclic) bond motifs is 1. The fourth-order valence-corrected chi connectivity index (χ4v) is 2.05. The van der Waals surface area contributed by atoms with E-state index in [-0.39, 0.29) is 17.1 Å². The summed E-state index contributed by atoms with van der Waals surface area (Å²) in [6.45, 7) is 0. The largest absolute Gasteiger partial charge is 0.595 e. The van der Waals surface area contributed by atoms with Gasteiger partial charge in [0.2, 0.25) is 0 Å². The average molecular weight is 312 g/mol. The Kier molecular flexibility index (Phi) is 3.90. The summed E-state index contributed by atoms with van der Waals surface area (Å²) in [6, 6.07) is 12.4. The standard InChI is InChI=1S/C16H12N2O5/c19-14(10-5-7-11(8-6-10)18(21)22)9-13-16(20)23-15-4-2-1-3-12(15)17-13/h1-9,18-19,21H/b14-9-. The second-order valence-corrected chi connectivity index (χ2v) is 4.77. The molecule has 1 unspecified atom stereocenters. The lowest BCUT2D eigenvalue weighted by Crippen LogP contribution is -2.99. The van der Waals surface area contributed by atoms with Crippen molar-refractivity contribution in [2.45, 2.75) is 0 Å². The second kappa shape index (κ2) is 6.01. The van der Waals surface area contributed by atoms with Crippen LogP contribution in [0.1, 0.15) is 11.3 Å². The maximum absolute atomic E-state index is 11.9. The van der Waals surface area contributed by atoms with Crippen molar-refractivity contribution in [2.75, 3.05) is 0 Å². The van der Waals surface area contributed by atoms with Gasteiger partial charge in [-0.3, -0.25) is 0 Å². The summed E-state index contributed by atoms with van der Waals surface area (Å²) in [5.41, 5.74) is 0.613. The Morgan fingerprint density at radius 2 is 1.87 bits per heavy atom. The number of benzene rings is 2. The summed E-state index contributed by atoms with van der Waals surface area (Å²) < 4.78 is 5.13. The van der Waals surface area contributed by atoms with Crippen molar-refractivity contribution >= 4 is 28.6 Å². The van der Waals surface area contributed by atoms with Crippen LogP contribution >= 0.6 is 0 Å². The minimum Gasteiger partial charge on any atom is -0.595 e. The van der Waals surface area contributed by atoms with Crippen molar-refractivity contribution in [3.63, 3.8) is 0 Å². The van der Waals surface area contributed by atoms with E-state index in [1.54, 1.807) is 24.3 Å². The molecule has 1 heterocycles. The van der Waals surface area contributed by atoms with E-state index in [1.165, 1.54) is 30.3 Å². The highest BCUT2D eigenvalue weighted by molar-refractivity contribution is 5.78. The van der Waals surface area contributed by atoms with Crippen LogP contribution in [0.5, 0.6) is 0 Å². The number of aliphatic hydroxyl groups excluding tert-OH is 1. The normalized spacial score (nSPS) is 13.2. The van der Waals surface area contributed by atoms with Gasteiger partial charge in [-0.25, -0.2) is 15.0 Å². The summed E-state index contributed by atoms with van der Waals surface area (Å²) in [5.74, 6) is -0.211. The van der Waals surface area contributed by atoms with Gasteiger partial charge in [-0.1, -0.05) is 12.1 Å². The molecule has 0 aliphatic heterocycles. The first kappa shape index (κ1) is 14.9. The zero-order valence-corrected chi connectivity index (χ0v) is 11.8. The SMILES string of the molecule is O=c1oc2ccccc2nc1/C=C(\O)c1ccc([NH+]([O-])O)cc1. The number of quaternary nitrogens is 1.